The highest BCUT2D eigenvalue weighted by atomic mass is 16.7. The van der Waals surface area contributed by atoms with E-state index in [0.29, 0.717) is 5.75 Å². The molecule has 0 bridgehead atoms. The van der Waals surface area contributed by atoms with Crippen LogP contribution in [0.4, 0.5) is 4.79 Å². The Bertz CT molecular complexity index is 823. The Kier molecular flexibility index (Phi) is 6.72. The molecule has 7 nitrogen and oxygen atoms in total. The van der Waals surface area contributed by atoms with Crippen molar-refractivity contribution in [1.29, 1.82) is 0 Å². The van der Waals surface area contributed by atoms with Gasteiger partial charge in [0.05, 0.1) is 19.8 Å². The Labute approximate surface area is 170 Å². The number of methoxy groups -OCH3 is 1. The van der Waals surface area contributed by atoms with Crippen LogP contribution >= 0.6 is 0 Å². The van der Waals surface area contributed by atoms with Gasteiger partial charge >= 0.3 is 12.0 Å². The highest BCUT2D eigenvalue weighted by Gasteiger charge is 2.38. The van der Waals surface area contributed by atoms with E-state index in [4.69, 9.17) is 14.3 Å². The first-order chi connectivity index (χ1) is 14.0. The normalized spacial score (nSPS) is 17.6. The zero-order chi connectivity index (χ0) is 20.8. The van der Waals surface area contributed by atoms with Crippen LogP contribution in [-0.2, 0) is 14.4 Å². The number of carbonyl (C=O) groups is 2. The maximum Gasteiger partial charge on any atom is 0.342 e. The van der Waals surface area contributed by atoms with Gasteiger partial charge in [0.15, 0.2) is 6.04 Å². The fraction of sp³-hybridized carbons (Fsp3) is 0.364. The topological polar surface area (TPSA) is 77.1 Å². The molecule has 2 amide bonds. The van der Waals surface area contributed by atoms with Gasteiger partial charge in [-0.2, -0.15) is 5.06 Å². The number of hydrogen-bond donors (Lipinski definition) is 1. The van der Waals surface area contributed by atoms with E-state index in [1.165, 1.54) is 7.11 Å². The monoisotopic (exact) mass is 398 g/mol. The zero-order valence-corrected chi connectivity index (χ0v) is 16.8. The van der Waals surface area contributed by atoms with Gasteiger partial charge in [0, 0.05) is 0 Å². The highest BCUT2D eigenvalue weighted by molar-refractivity contribution is 5.83. The lowest BCUT2D eigenvalue weighted by Gasteiger charge is -2.37. The molecule has 7 heteroatoms. The number of esters is 1. The molecule has 1 fully saturated rings. The SMILES string of the molecule is COC(=O)[C@@H](C(C)C)N1OC[C@H](COc2ccc(-c3ccccc3)cc2)NC1=O. The molecular formula is C22H26N2O5. The number of hydrogen-bond acceptors (Lipinski definition) is 5. The van der Waals surface area contributed by atoms with Crippen LogP contribution in [0.15, 0.2) is 54.6 Å². The fourth-order valence-electron chi connectivity index (χ4n) is 3.14. The lowest BCUT2D eigenvalue weighted by molar-refractivity contribution is -0.194. The number of benzene rings is 2. The van der Waals surface area contributed by atoms with Crippen LogP contribution in [-0.4, -0.2) is 49.5 Å². The average molecular weight is 398 g/mol. The van der Waals surface area contributed by atoms with Crippen molar-refractivity contribution in [3.8, 4) is 16.9 Å². The second-order valence-corrected chi connectivity index (χ2v) is 7.18. The molecule has 1 heterocycles. The summed E-state index contributed by atoms with van der Waals surface area (Å²) in [6.45, 7) is 4.11. The molecular weight excluding hydrogens is 372 g/mol. The molecule has 1 aliphatic heterocycles. The van der Waals surface area contributed by atoms with Crippen molar-refractivity contribution >= 4 is 12.0 Å². The van der Waals surface area contributed by atoms with Crippen LogP contribution < -0.4 is 10.1 Å². The van der Waals surface area contributed by atoms with E-state index in [-0.39, 0.29) is 25.2 Å². The first kappa shape index (κ1) is 20.7. The van der Waals surface area contributed by atoms with Crippen LogP contribution in [0.1, 0.15) is 13.8 Å². The largest absolute Gasteiger partial charge is 0.491 e. The van der Waals surface area contributed by atoms with E-state index in [2.05, 4.69) is 17.4 Å². The van der Waals surface area contributed by atoms with Gasteiger partial charge in [-0.1, -0.05) is 56.3 Å². The summed E-state index contributed by atoms with van der Waals surface area (Å²) < 4.78 is 10.6. The Morgan fingerprint density at radius 2 is 1.79 bits per heavy atom. The Balaban J connectivity index is 1.54. The zero-order valence-electron chi connectivity index (χ0n) is 16.8. The van der Waals surface area contributed by atoms with Gasteiger partial charge in [-0.25, -0.2) is 9.59 Å². The van der Waals surface area contributed by atoms with Crippen molar-refractivity contribution in [3.63, 3.8) is 0 Å². The molecule has 1 saturated heterocycles. The molecule has 29 heavy (non-hydrogen) atoms. The van der Waals surface area contributed by atoms with Gasteiger partial charge in [-0.3, -0.25) is 4.84 Å². The number of amides is 2. The van der Waals surface area contributed by atoms with Crippen molar-refractivity contribution in [1.82, 2.24) is 10.4 Å². The maximum atomic E-state index is 12.4. The second kappa shape index (κ2) is 9.43. The van der Waals surface area contributed by atoms with Gasteiger partial charge in [-0.05, 0) is 29.2 Å². The van der Waals surface area contributed by atoms with Crippen molar-refractivity contribution in [2.24, 2.45) is 5.92 Å². The minimum absolute atomic E-state index is 0.149. The number of ether oxygens (including phenoxy) is 2. The Hall–Kier alpha value is -3.06. The van der Waals surface area contributed by atoms with E-state index in [1.807, 2.05) is 56.3 Å². The fourth-order valence-corrected chi connectivity index (χ4v) is 3.14. The predicted molar refractivity (Wildman–Crippen MR) is 108 cm³/mol. The third kappa shape index (κ3) is 5.06. The molecule has 154 valence electrons. The molecule has 0 spiro atoms. The Morgan fingerprint density at radius 1 is 1.14 bits per heavy atom. The molecule has 0 aromatic heterocycles. The summed E-state index contributed by atoms with van der Waals surface area (Å²) in [5.41, 5.74) is 2.24. The summed E-state index contributed by atoms with van der Waals surface area (Å²) >= 11 is 0. The van der Waals surface area contributed by atoms with E-state index < -0.39 is 18.0 Å². The molecule has 3 rings (SSSR count). The van der Waals surface area contributed by atoms with Crippen LogP contribution in [0.3, 0.4) is 0 Å². The van der Waals surface area contributed by atoms with E-state index in [0.717, 1.165) is 16.2 Å². The number of carbonyl (C=O) groups excluding carboxylic acids is 2. The van der Waals surface area contributed by atoms with Gasteiger partial charge in [0.2, 0.25) is 0 Å². The molecule has 0 unspecified atom stereocenters. The summed E-state index contributed by atoms with van der Waals surface area (Å²) in [7, 11) is 1.29. The maximum absolute atomic E-state index is 12.4. The molecule has 0 aliphatic carbocycles. The molecule has 2 aromatic rings. The summed E-state index contributed by atoms with van der Waals surface area (Å²) in [6.07, 6.45) is 0. The minimum atomic E-state index is -0.799. The first-order valence-corrected chi connectivity index (χ1v) is 9.58. The number of rotatable bonds is 7. The van der Waals surface area contributed by atoms with Crippen LogP contribution in [0.2, 0.25) is 0 Å². The number of hydroxylamine groups is 2. The van der Waals surface area contributed by atoms with Crippen molar-refractivity contribution in [3.05, 3.63) is 54.6 Å². The number of nitrogens with zero attached hydrogens (tertiary/aromatic N) is 1. The van der Waals surface area contributed by atoms with Gasteiger partial charge in [-0.15, -0.1) is 0 Å². The highest BCUT2D eigenvalue weighted by Crippen LogP contribution is 2.22. The number of nitrogens with one attached hydrogen (secondary N) is 1. The lowest BCUT2D eigenvalue weighted by Crippen LogP contribution is -2.60. The predicted octanol–water partition coefficient (Wildman–Crippen LogP) is 3.26. The number of urea groups is 1. The van der Waals surface area contributed by atoms with Crippen LogP contribution in [0.5, 0.6) is 5.75 Å². The average Bonchev–Trinajstić information content (AvgIpc) is 2.74. The second-order valence-electron chi connectivity index (χ2n) is 7.18. The summed E-state index contributed by atoms with van der Waals surface area (Å²) in [5, 5.41) is 3.87. The van der Waals surface area contributed by atoms with E-state index >= 15 is 0 Å². The van der Waals surface area contributed by atoms with Crippen molar-refractivity contribution in [2.45, 2.75) is 25.9 Å². The van der Waals surface area contributed by atoms with Crippen molar-refractivity contribution in [2.75, 3.05) is 20.3 Å². The third-order valence-corrected chi connectivity index (χ3v) is 4.68. The Morgan fingerprint density at radius 3 is 2.38 bits per heavy atom. The molecule has 1 aliphatic rings. The quantitative estimate of drug-likeness (QED) is 0.725. The smallest absolute Gasteiger partial charge is 0.342 e. The van der Waals surface area contributed by atoms with E-state index in [1.54, 1.807) is 0 Å². The van der Waals surface area contributed by atoms with Crippen molar-refractivity contribution < 1.29 is 23.9 Å². The van der Waals surface area contributed by atoms with Crippen LogP contribution in [0, 0.1) is 5.92 Å². The molecule has 0 radical (unpaired) electrons. The molecule has 2 atom stereocenters. The first-order valence-electron chi connectivity index (χ1n) is 9.58. The molecule has 1 N–H and O–H groups in total. The van der Waals surface area contributed by atoms with Gasteiger partial charge in [0.1, 0.15) is 12.4 Å². The summed E-state index contributed by atoms with van der Waals surface area (Å²) in [6, 6.07) is 16.3. The summed E-state index contributed by atoms with van der Waals surface area (Å²) in [4.78, 5) is 29.9. The lowest BCUT2D eigenvalue weighted by atomic mass is 10.0. The third-order valence-electron chi connectivity index (χ3n) is 4.68. The van der Waals surface area contributed by atoms with Gasteiger partial charge < -0.3 is 14.8 Å². The summed E-state index contributed by atoms with van der Waals surface area (Å²) in [5.74, 6) is 0.0449. The standard InChI is InChI=1S/C22H26N2O5/c1-15(2)20(21(25)27-3)24-22(26)23-18(14-29-24)13-28-19-11-9-17(10-12-19)16-7-5-4-6-8-16/h4-12,15,18,20H,13-14H2,1-3H3,(H,23,26)/t18-,20+/m0/s1. The minimum Gasteiger partial charge on any atom is -0.491 e. The van der Waals surface area contributed by atoms with Gasteiger partial charge in [0.25, 0.3) is 0 Å². The molecule has 2 aromatic carbocycles. The molecule has 0 saturated carbocycles. The van der Waals surface area contributed by atoms with Crippen LogP contribution in [0.25, 0.3) is 11.1 Å². The van der Waals surface area contributed by atoms with E-state index in [9.17, 15) is 9.59 Å².